The zero-order chi connectivity index (χ0) is 17.8. The van der Waals surface area contributed by atoms with E-state index in [1.165, 1.54) is 4.57 Å². The topological polar surface area (TPSA) is 81.8 Å². The lowest BCUT2D eigenvalue weighted by molar-refractivity contribution is -0.151. The first-order valence-corrected chi connectivity index (χ1v) is 8.33. The highest BCUT2D eigenvalue weighted by molar-refractivity contribution is 5.82. The van der Waals surface area contributed by atoms with Crippen LogP contribution in [0.25, 0.3) is 11.1 Å². The van der Waals surface area contributed by atoms with Gasteiger partial charge in [-0.3, -0.25) is 14.2 Å². The molecular formula is C18H20N2O5. The number of aromatic nitrogens is 1. The fourth-order valence-corrected chi connectivity index (χ4v) is 3.00. The van der Waals surface area contributed by atoms with Gasteiger partial charge in [0.2, 0.25) is 0 Å². The molecule has 7 nitrogen and oxygen atoms in total. The number of rotatable bonds is 6. The Balaban J connectivity index is 1.61. The largest absolute Gasteiger partial charge is 0.454 e. The van der Waals surface area contributed by atoms with E-state index < -0.39 is 11.7 Å². The van der Waals surface area contributed by atoms with E-state index in [4.69, 9.17) is 9.15 Å². The minimum absolute atomic E-state index is 0.256. The van der Waals surface area contributed by atoms with Crippen LogP contribution >= 0.6 is 0 Å². The van der Waals surface area contributed by atoms with Crippen LogP contribution in [-0.4, -0.2) is 34.5 Å². The maximum absolute atomic E-state index is 12.3. The fourth-order valence-electron chi connectivity index (χ4n) is 3.00. The second-order valence-electron chi connectivity index (χ2n) is 5.81. The number of carbonyl (C=O) groups excluding carboxylic acids is 2. The van der Waals surface area contributed by atoms with Crippen molar-refractivity contribution in [2.75, 3.05) is 13.2 Å². The van der Waals surface area contributed by atoms with Gasteiger partial charge in [-0.05, 0) is 38.3 Å². The van der Waals surface area contributed by atoms with E-state index in [9.17, 15) is 14.4 Å². The highest BCUT2D eigenvalue weighted by Crippen LogP contribution is 2.21. The molecule has 0 saturated carbocycles. The minimum atomic E-state index is -0.654. The van der Waals surface area contributed by atoms with E-state index >= 15 is 0 Å². The second-order valence-corrected chi connectivity index (χ2v) is 5.81. The number of allylic oxidation sites excluding steroid dienone is 2. The maximum Gasteiger partial charge on any atom is 0.420 e. The molecule has 1 aliphatic carbocycles. The van der Waals surface area contributed by atoms with Gasteiger partial charge in [0.05, 0.1) is 5.52 Å². The van der Waals surface area contributed by atoms with Gasteiger partial charge < -0.3 is 14.1 Å². The summed E-state index contributed by atoms with van der Waals surface area (Å²) in [4.78, 5) is 37.8. The molecule has 0 atom stereocenters. The molecule has 0 saturated heterocycles. The van der Waals surface area contributed by atoms with Crippen molar-refractivity contribution in [3.8, 4) is 0 Å². The highest BCUT2D eigenvalue weighted by Gasteiger charge is 2.20. The summed E-state index contributed by atoms with van der Waals surface area (Å²) in [5.41, 5.74) is 1.91. The Morgan fingerprint density at radius 3 is 2.84 bits per heavy atom. The molecule has 1 amide bonds. The third kappa shape index (κ3) is 3.65. The molecule has 25 heavy (non-hydrogen) atoms. The first kappa shape index (κ1) is 17.0. The maximum atomic E-state index is 12.3. The second kappa shape index (κ2) is 7.38. The molecule has 3 rings (SSSR count). The molecule has 0 spiro atoms. The minimum Gasteiger partial charge on any atom is -0.454 e. The van der Waals surface area contributed by atoms with Crippen molar-refractivity contribution in [3.05, 3.63) is 46.6 Å². The van der Waals surface area contributed by atoms with Crippen molar-refractivity contribution in [2.24, 2.45) is 0 Å². The number of esters is 1. The molecule has 0 fully saturated rings. The van der Waals surface area contributed by atoms with Gasteiger partial charge in [-0.15, -0.1) is 0 Å². The van der Waals surface area contributed by atoms with Crippen LogP contribution in [0.3, 0.4) is 0 Å². The first-order chi connectivity index (χ1) is 12.1. The summed E-state index contributed by atoms with van der Waals surface area (Å²) in [5.74, 6) is -1.54. The molecule has 2 aromatic rings. The number of likely N-dealkylation sites (N-methyl/N-ethyl adjacent to an activating group) is 1. The zero-order valence-electron chi connectivity index (χ0n) is 14.1. The quantitative estimate of drug-likeness (QED) is 0.749. The lowest BCUT2D eigenvalue weighted by atomic mass is 10.3. The zero-order valence-corrected chi connectivity index (χ0v) is 14.1. The molecule has 0 aliphatic heterocycles. The number of benzene rings is 1. The standard InChI is InChI=1S/C18H20N2O5/c1-2-19(13-7-3-4-8-13)16(21)12-24-17(22)11-20-14-9-5-6-10-15(14)25-18(20)23/h5-7,9-10H,2-4,8,11-12H2,1H3. The number of hydrogen-bond donors (Lipinski definition) is 0. The molecule has 0 unspecified atom stereocenters. The SMILES string of the molecule is CCN(C(=O)COC(=O)Cn1c(=O)oc2ccccc21)C1=CCCC1. The summed E-state index contributed by atoms with van der Waals surface area (Å²) in [6, 6.07) is 6.82. The summed E-state index contributed by atoms with van der Waals surface area (Å²) in [6.07, 6.45) is 4.91. The van der Waals surface area contributed by atoms with Crippen LogP contribution in [0.2, 0.25) is 0 Å². The number of nitrogens with zero attached hydrogens (tertiary/aromatic N) is 2. The fraction of sp³-hybridized carbons (Fsp3) is 0.389. The first-order valence-electron chi connectivity index (χ1n) is 8.33. The molecule has 0 N–H and O–H groups in total. The average Bonchev–Trinajstić information content (AvgIpc) is 3.23. The van der Waals surface area contributed by atoms with E-state index in [1.807, 2.05) is 13.0 Å². The molecule has 0 radical (unpaired) electrons. The highest BCUT2D eigenvalue weighted by atomic mass is 16.5. The van der Waals surface area contributed by atoms with E-state index in [-0.39, 0.29) is 19.1 Å². The van der Waals surface area contributed by atoms with Crippen LogP contribution in [0.1, 0.15) is 26.2 Å². The Morgan fingerprint density at radius 2 is 2.12 bits per heavy atom. The molecule has 1 aromatic heterocycles. The molecule has 7 heteroatoms. The number of ether oxygens (including phenoxy) is 1. The van der Waals surface area contributed by atoms with Gasteiger partial charge in [0.15, 0.2) is 12.2 Å². The third-order valence-corrected chi connectivity index (χ3v) is 4.20. The van der Waals surface area contributed by atoms with Crippen molar-refractivity contribution in [2.45, 2.75) is 32.7 Å². The normalized spacial score (nSPS) is 13.7. The van der Waals surface area contributed by atoms with Crippen LogP contribution in [0, 0.1) is 0 Å². The van der Waals surface area contributed by atoms with E-state index in [1.54, 1.807) is 29.2 Å². The van der Waals surface area contributed by atoms with Crippen molar-refractivity contribution in [1.29, 1.82) is 0 Å². The van der Waals surface area contributed by atoms with Gasteiger partial charge in [0.25, 0.3) is 5.91 Å². The Hall–Kier alpha value is -2.83. The number of amides is 1. The summed E-state index contributed by atoms with van der Waals surface area (Å²) < 4.78 is 11.3. The van der Waals surface area contributed by atoms with Crippen LogP contribution in [0.5, 0.6) is 0 Å². The van der Waals surface area contributed by atoms with Crippen molar-refractivity contribution in [3.63, 3.8) is 0 Å². The smallest absolute Gasteiger partial charge is 0.420 e. The molecule has 0 bridgehead atoms. The number of para-hydroxylation sites is 2. The van der Waals surface area contributed by atoms with Crippen LogP contribution in [0.15, 0.2) is 45.3 Å². The number of fused-ring (bicyclic) bond motifs is 1. The third-order valence-electron chi connectivity index (χ3n) is 4.20. The van der Waals surface area contributed by atoms with Gasteiger partial charge in [0, 0.05) is 12.2 Å². The van der Waals surface area contributed by atoms with E-state index in [0.717, 1.165) is 25.0 Å². The van der Waals surface area contributed by atoms with Gasteiger partial charge in [-0.25, -0.2) is 4.79 Å². The number of carbonyl (C=O) groups is 2. The lowest BCUT2D eigenvalue weighted by Crippen LogP contribution is -2.34. The van der Waals surface area contributed by atoms with Crippen LogP contribution in [-0.2, 0) is 20.9 Å². The summed E-state index contributed by atoms with van der Waals surface area (Å²) in [5, 5.41) is 0. The monoisotopic (exact) mass is 344 g/mol. The van der Waals surface area contributed by atoms with Crippen molar-refractivity contribution in [1.82, 2.24) is 9.47 Å². The lowest BCUT2D eigenvalue weighted by Gasteiger charge is -2.22. The van der Waals surface area contributed by atoms with E-state index in [2.05, 4.69) is 0 Å². The Labute approximate surface area is 144 Å². The Morgan fingerprint density at radius 1 is 1.32 bits per heavy atom. The number of oxazole rings is 1. The molecular weight excluding hydrogens is 324 g/mol. The van der Waals surface area contributed by atoms with Crippen molar-refractivity contribution < 1.29 is 18.7 Å². The predicted molar refractivity (Wildman–Crippen MR) is 90.8 cm³/mol. The van der Waals surface area contributed by atoms with E-state index in [0.29, 0.717) is 17.6 Å². The molecule has 132 valence electrons. The summed E-state index contributed by atoms with van der Waals surface area (Å²) >= 11 is 0. The molecule has 1 aliphatic rings. The molecule has 1 heterocycles. The Kier molecular flexibility index (Phi) is 5.02. The average molecular weight is 344 g/mol. The molecule has 1 aromatic carbocycles. The van der Waals surface area contributed by atoms with Gasteiger partial charge in [-0.2, -0.15) is 0 Å². The predicted octanol–water partition coefficient (Wildman–Crippen LogP) is 2.05. The van der Waals surface area contributed by atoms with Crippen molar-refractivity contribution >= 4 is 23.0 Å². The van der Waals surface area contributed by atoms with Crippen LogP contribution < -0.4 is 5.76 Å². The van der Waals surface area contributed by atoms with Gasteiger partial charge >= 0.3 is 11.7 Å². The Bertz CT molecular complexity index is 877. The number of hydrogen-bond acceptors (Lipinski definition) is 5. The van der Waals surface area contributed by atoms with Gasteiger partial charge in [-0.1, -0.05) is 18.2 Å². The van der Waals surface area contributed by atoms with Crippen LogP contribution in [0.4, 0.5) is 0 Å². The summed E-state index contributed by atoms with van der Waals surface area (Å²) in [7, 11) is 0. The van der Waals surface area contributed by atoms with Gasteiger partial charge in [0.1, 0.15) is 6.54 Å². The summed E-state index contributed by atoms with van der Waals surface area (Å²) in [6.45, 7) is 1.79.